The number of likely N-dealkylation sites (tertiary alicyclic amines) is 1. The number of carboxylic acid groups (broad SMARTS) is 1. The van der Waals surface area contributed by atoms with Gasteiger partial charge in [-0.25, -0.2) is 0 Å². The summed E-state index contributed by atoms with van der Waals surface area (Å²) in [5.74, 6) is 0.913. The molecule has 0 spiro atoms. The van der Waals surface area contributed by atoms with Crippen molar-refractivity contribution in [1.82, 2.24) is 4.90 Å². The van der Waals surface area contributed by atoms with Gasteiger partial charge in [0.25, 0.3) is 0 Å². The monoisotopic (exact) mass is 211 g/mol. The fraction of sp³-hybridized carbons (Fsp3) is 0.917. The summed E-state index contributed by atoms with van der Waals surface area (Å²) < 4.78 is 0. The van der Waals surface area contributed by atoms with E-state index in [1.54, 1.807) is 0 Å². The maximum atomic E-state index is 11.2. The Morgan fingerprint density at radius 2 is 2.13 bits per heavy atom. The van der Waals surface area contributed by atoms with E-state index >= 15 is 0 Å². The number of nitrogens with zero attached hydrogens (tertiary/aromatic N) is 1. The lowest BCUT2D eigenvalue weighted by Crippen LogP contribution is -2.50. The molecule has 3 heteroatoms. The van der Waals surface area contributed by atoms with Crippen LogP contribution in [-0.2, 0) is 4.79 Å². The third-order valence-corrected chi connectivity index (χ3v) is 4.14. The molecule has 0 aromatic carbocycles. The molecular formula is C12H21NO2. The zero-order valence-electron chi connectivity index (χ0n) is 9.65. The summed E-state index contributed by atoms with van der Waals surface area (Å²) in [6, 6.07) is 0.239. The lowest BCUT2D eigenvalue weighted by atomic mass is 9.98. The van der Waals surface area contributed by atoms with Crippen molar-refractivity contribution in [1.29, 1.82) is 0 Å². The van der Waals surface area contributed by atoms with E-state index in [0.717, 1.165) is 37.6 Å². The van der Waals surface area contributed by atoms with Gasteiger partial charge in [-0.05, 0) is 44.6 Å². The lowest BCUT2D eigenvalue weighted by molar-refractivity contribution is -0.145. The molecule has 1 saturated heterocycles. The number of carboxylic acids is 1. The molecule has 1 aliphatic carbocycles. The maximum absolute atomic E-state index is 11.2. The average molecular weight is 211 g/mol. The van der Waals surface area contributed by atoms with Crippen molar-refractivity contribution in [2.45, 2.75) is 51.6 Å². The second kappa shape index (κ2) is 4.12. The molecule has 1 saturated carbocycles. The summed E-state index contributed by atoms with van der Waals surface area (Å²) in [7, 11) is 0. The molecular weight excluding hydrogens is 190 g/mol. The van der Waals surface area contributed by atoms with Crippen LogP contribution < -0.4 is 0 Å². The molecule has 1 aliphatic heterocycles. The Morgan fingerprint density at radius 1 is 1.47 bits per heavy atom. The van der Waals surface area contributed by atoms with Crippen LogP contribution in [0.25, 0.3) is 0 Å². The van der Waals surface area contributed by atoms with Gasteiger partial charge in [0, 0.05) is 6.04 Å². The second-order valence-electron chi connectivity index (χ2n) is 5.21. The van der Waals surface area contributed by atoms with E-state index in [1.165, 1.54) is 6.42 Å². The van der Waals surface area contributed by atoms with Gasteiger partial charge in [-0.3, -0.25) is 9.69 Å². The molecule has 86 valence electrons. The highest BCUT2D eigenvalue weighted by molar-refractivity contribution is 5.73. The van der Waals surface area contributed by atoms with Gasteiger partial charge in [0.15, 0.2) is 0 Å². The molecule has 2 rings (SSSR count). The van der Waals surface area contributed by atoms with Crippen molar-refractivity contribution in [3.63, 3.8) is 0 Å². The van der Waals surface area contributed by atoms with Gasteiger partial charge >= 0.3 is 5.97 Å². The van der Waals surface area contributed by atoms with E-state index in [2.05, 4.69) is 18.7 Å². The Labute approximate surface area is 91.5 Å². The first-order valence-electron chi connectivity index (χ1n) is 6.10. The van der Waals surface area contributed by atoms with Gasteiger partial charge < -0.3 is 5.11 Å². The molecule has 15 heavy (non-hydrogen) atoms. The number of hydrogen-bond acceptors (Lipinski definition) is 2. The molecule has 4 unspecified atom stereocenters. The second-order valence-corrected chi connectivity index (χ2v) is 5.21. The SMILES string of the molecule is CC1CC1C(C)N1CCCCC1C(=O)O. The van der Waals surface area contributed by atoms with Gasteiger partial charge in [-0.15, -0.1) is 0 Å². The minimum atomic E-state index is -0.630. The summed E-state index contributed by atoms with van der Waals surface area (Å²) in [5.41, 5.74) is 0. The van der Waals surface area contributed by atoms with E-state index in [4.69, 9.17) is 0 Å². The molecule has 0 aromatic heterocycles. The first kappa shape index (κ1) is 10.9. The molecule has 1 heterocycles. The highest BCUT2D eigenvalue weighted by Crippen LogP contribution is 2.43. The first-order valence-corrected chi connectivity index (χ1v) is 6.10. The van der Waals surface area contributed by atoms with Crippen LogP contribution in [-0.4, -0.2) is 34.6 Å². The smallest absolute Gasteiger partial charge is 0.320 e. The molecule has 1 N–H and O–H groups in total. The standard InChI is InChI=1S/C12H21NO2/c1-8-7-10(8)9(2)13-6-4-3-5-11(13)12(14)15/h8-11H,3-7H2,1-2H3,(H,14,15). The van der Waals surface area contributed by atoms with E-state index in [1.807, 2.05) is 0 Å². The molecule has 2 fully saturated rings. The first-order chi connectivity index (χ1) is 7.11. The van der Waals surface area contributed by atoms with Crippen LogP contribution >= 0.6 is 0 Å². The number of aliphatic carboxylic acids is 1. The molecule has 0 aromatic rings. The van der Waals surface area contributed by atoms with E-state index in [9.17, 15) is 9.90 Å². The number of piperidine rings is 1. The van der Waals surface area contributed by atoms with Crippen LogP contribution in [0.2, 0.25) is 0 Å². The van der Waals surface area contributed by atoms with Gasteiger partial charge in [-0.1, -0.05) is 13.3 Å². The molecule has 2 aliphatic rings. The fourth-order valence-corrected chi connectivity index (χ4v) is 2.98. The van der Waals surface area contributed by atoms with Crippen molar-refractivity contribution in [2.24, 2.45) is 11.8 Å². The summed E-state index contributed by atoms with van der Waals surface area (Å²) >= 11 is 0. The lowest BCUT2D eigenvalue weighted by Gasteiger charge is -2.37. The Hall–Kier alpha value is -0.570. The highest BCUT2D eigenvalue weighted by atomic mass is 16.4. The Kier molecular flexibility index (Phi) is 3.01. The Morgan fingerprint density at radius 3 is 2.67 bits per heavy atom. The van der Waals surface area contributed by atoms with Gasteiger partial charge in [0.05, 0.1) is 0 Å². The molecule has 0 bridgehead atoms. The Bertz CT molecular complexity index is 254. The molecule has 0 amide bonds. The van der Waals surface area contributed by atoms with Crippen LogP contribution in [0.1, 0.15) is 39.5 Å². The predicted molar refractivity (Wildman–Crippen MR) is 58.7 cm³/mol. The maximum Gasteiger partial charge on any atom is 0.320 e. The number of hydrogen-bond donors (Lipinski definition) is 1. The average Bonchev–Trinajstić information content (AvgIpc) is 2.94. The molecule has 3 nitrogen and oxygen atoms in total. The normalized spacial score (nSPS) is 38.7. The van der Waals surface area contributed by atoms with Gasteiger partial charge in [0.1, 0.15) is 6.04 Å². The third kappa shape index (κ3) is 2.17. The summed E-state index contributed by atoms with van der Waals surface area (Å²) in [5, 5.41) is 9.18. The van der Waals surface area contributed by atoms with Gasteiger partial charge in [0.2, 0.25) is 0 Å². The van der Waals surface area contributed by atoms with Crippen LogP contribution in [0.4, 0.5) is 0 Å². The summed E-state index contributed by atoms with van der Waals surface area (Å²) in [4.78, 5) is 13.4. The molecule has 4 atom stereocenters. The minimum Gasteiger partial charge on any atom is -0.480 e. The summed E-state index contributed by atoms with van der Waals surface area (Å²) in [6.45, 7) is 5.44. The zero-order chi connectivity index (χ0) is 11.0. The van der Waals surface area contributed by atoms with E-state index in [-0.39, 0.29) is 6.04 Å². The van der Waals surface area contributed by atoms with Crippen molar-refractivity contribution < 1.29 is 9.90 Å². The van der Waals surface area contributed by atoms with Crippen molar-refractivity contribution in [3.8, 4) is 0 Å². The van der Waals surface area contributed by atoms with Crippen molar-refractivity contribution >= 4 is 5.97 Å². The third-order valence-electron chi connectivity index (χ3n) is 4.14. The zero-order valence-corrected chi connectivity index (χ0v) is 9.65. The highest BCUT2D eigenvalue weighted by Gasteiger charge is 2.43. The predicted octanol–water partition coefficient (Wildman–Crippen LogP) is 1.97. The van der Waals surface area contributed by atoms with Crippen LogP contribution in [0.15, 0.2) is 0 Å². The quantitative estimate of drug-likeness (QED) is 0.776. The molecule has 0 radical (unpaired) electrons. The van der Waals surface area contributed by atoms with E-state index < -0.39 is 5.97 Å². The topological polar surface area (TPSA) is 40.5 Å². The van der Waals surface area contributed by atoms with Crippen molar-refractivity contribution in [2.75, 3.05) is 6.54 Å². The fourth-order valence-electron chi connectivity index (χ4n) is 2.98. The largest absolute Gasteiger partial charge is 0.480 e. The summed E-state index contributed by atoms with van der Waals surface area (Å²) in [6.07, 6.45) is 4.35. The van der Waals surface area contributed by atoms with Crippen molar-refractivity contribution in [3.05, 3.63) is 0 Å². The minimum absolute atomic E-state index is 0.221. The van der Waals surface area contributed by atoms with Crippen LogP contribution in [0.5, 0.6) is 0 Å². The van der Waals surface area contributed by atoms with E-state index in [0.29, 0.717) is 6.04 Å². The number of rotatable bonds is 3. The van der Waals surface area contributed by atoms with Crippen LogP contribution in [0.3, 0.4) is 0 Å². The van der Waals surface area contributed by atoms with Gasteiger partial charge in [-0.2, -0.15) is 0 Å². The van der Waals surface area contributed by atoms with Crippen LogP contribution in [0, 0.1) is 11.8 Å². The Balaban J connectivity index is 2.00. The number of carbonyl (C=O) groups is 1.